The van der Waals surface area contributed by atoms with Gasteiger partial charge in [0.05, 0.1) is 17.6 Å². The van der Waals surface area contributed by atoms with Gasteiger partial charge in [0.1, 0.15) is 5.82 Å². The van der Waals surface area contributed by atoms with E-state index in [9.17, 15) is 18.8 Å². The van der Waals surface area contributed by atoms with Crippen LogP contribution in [0.2, 0.25) is 0 Å². The zero-order chi connectivity index (χ0) is 32.5. The van der Waals surface area contributed by atoms with Crippen molar-refractivity contribution in [2.24, 2.45) is 0 Å². The van der Waals surface area contributed by atoms with Crippen LogP contribution in [0.25, 0.3) is 11.0 Å². The lowest BCUT2D eigenvalue weighted by atomic mass is 10.0. The molecule has 4 aromatic rings. The molecule has 1 N–H and O–H groups in total. The van der Waals surface area contributed by atoms with Crippen molar-refractivity contribution in [2.45, 2.75) is 77.3 Å². The SMILES string of the molecule is CCCCCCC(=O)NCCCC(=O)n1c(N(C)C2CCN(c3nc4ccccc4n3Cc3ccc(F)cc3)CC2)nccc1=O. The third-order valence-corrected chi connectivity index (χ3v) is 8.72. The minimum atomic E-state index is -0.409. The minimum Gasteiger partial charge on any atom is -0.356 e. The van der Waals surface area contributed by atoms with Gasteiger partial charge in [-0.3, -0.25) is 14.4 Å². The summed E-state index contributed by atoms with van der Waals surface area (Å²) in [5.41, 5.74) is 2.50. The summed E-state index contributed by atoms with van der Waals surface area (Å²) in [5.74, 6) is 0.607. The molecule has 10 nitrogen and oxygen atoms in total. The number of carbonyl (C=O) groups excluding carboxylic acids is 2. The largest absolute Gasteiger partial charge is 0.356 e. The molecule has 2 aromatic heterocycles. The van der Waals surface area contributed by atoms with E-state index in [0.717, 1.165) is 74.2 Å². The summed E-state index contributed by atoms with van der Waals surface area (Å²) in [6, 6.07) is 15.9. The molecule has 2 aromatic carbocycles. The number of aromatic nitrogens is 4. The number of halogens is 1. The van der Waals surface area contributed by atoms with E-state index in [1.807, 2.05) is 30.1 Å². The molecule has 0 radical (unpaired) electrons. The molecule has 1 amide bonds. The Morgan fingerprint density at radius 1 is 0.978 bits per heavy atom. The predicted octanol–water partition coefficient (Wildman–Crippen LogP) is 5.39. The number of nitrogens with one attached hydrogen (secondary N) is 1. The van der Waals surface area contributed by atoms with Gasteiger partial charge >= 0.3 is 0 Å². The van der Waals surface area contributed by atoms with Gasteiger partial charge in [-0.15, -0.1) is 0 Å². The molecule has 0 unspecified atom stereocenters. The van der Waals surface area contributed by atoms with Crippen molar-refractivity contribution in [3.05, 3.63) is 82.5 Å². The number of hydrogen-bond acceptors (Lipinski definition) is 7. The summed E-state index contributed by atoms with van der Waals surface area (Å²) < 4.78 is 16.9. The number of anilines is 2. The van der Waals surface area contributed by atoms with Gasteiger partial charge in [0.15, 0.2) is 0 Å². The molecular formula is C35H44FN7O3. The van der Waals surface area contributed by atoms with Crippen molar-refractivity contribution < 1.29 is 14.0 Å². The summed E-state index contributed by atoms with van der Waals surface area (Å²) in [6.45, 7) is 4.55. The van der Waals surface area contributed by atoms with Crippen molar-refractivity contribution in [1.82, 2.24) is 24.4 Å². The highest BCUT2D eigenvalue weighted by atomic mass is 19.1. The van der Waals surface area contributed by atoms with Crippen LogP contribution in [0.5, 0.6) is 0 Å². The van der Waals surface area contributed by atoms with Crippen LogP contribution in [0.1, 0.15) is 75.1 Å². The lowest BCUT2D eigenvalue weighted by Gasteiger charge is -2.38. The highest BCUT2D eigenvalue weighted by Crippen LogP contribution is 2.28. The van der Waals surface area contributed by atoms with Gasteiger partial charge in [-0.2, -0.15) is 0 Å². The van der Waals surface area contributed by atoms with Crippen molar-refractivity contribution in [1.29, 1.82) is 0 Å². The standard InChI is InChI=1S/C35H44FN7O3/c1-3-4-5-6-12-31(44)37-21-9-13-32(45)43-33(46)18-22-38-34(43)40(2)28-19-23-41(24-20-28)35-39-29-10-7-8-11-30(29)42(35)25-26-14-16-27(36)17-15-26/h7-8,10-11,14-18,22,28H,3-6,9,12-13,19-21,23-25H2,1-2H3,(H,37,44). The molecule has 1 aliphatic rings. The van der Waals surface area contributed by atoms with Crippen LogP contribution in [0.3, 0.4) is 0 Å². The zero-order valence-corrected chi connectivity index (χ0v) is 26.8. The van der Waals surface area contributed by atoms with Gasteiger partial charge in [0.2, 0.25) is 23.7 Å². The summed E-state index contributed by atoms with van der Waals surface area (Å²) in [4.78, 5) is 51.8. The van der Waals surface area contributed by atoms with Crippen molar-refractivity contribution in [2.75, 3.05) is 36.5 Å². The third kappa shape index (κ3) is 7.99. The first-order valence-corrected chi connectivity index (χ1v) is 16.4. The fourth-order valence-electron chi connectivity index (χ4n) is 6.11. The molecule has 1 fully saturated rings. The number of imidazole rings is 1. The molecule has 11 heteroatoms. The van der Waals surface area contributed by atoms with E-state index in [-0.39, 0.29) is 30.1 Å². The summed E-state index contributed by atoms with van der Waals surface area (Å²) in [5, 5.41) is 2.88. The van der Waals surface area contributed by atoms with E-state index in [0.29, 0.717) is 31.9 Å². The van der Waals surface area contributed by atoms with Gasteiger partial charge in [0, 0.05) is 57.8 Å². The molecule has 244 valence electrons. The highest BCUT2D eigenvalue weighted by Gasteiger charge is 2.28. The Labute approximate surface area is 269 Å². The molecule has 46 heavy (non-hydrogen) atoms. The van der Waals surface area contributed by atoms with Crippen LogP contribution < -0.4 is 20.7 Å². The minimum absolute atomic E-state index is 0.000106. The van der Waals surface area contributed by atoms with Gasteiger partial charge in [-0.25, -0.2) is 18.9 Å². The first-order valence-electron chi connectivity index (χ1n) is 16.4. The van der Waals surface area contributed by atoms with Crippen molar-refractivity contribution in [3.8, 4) is 0 Å². The van der Waals surface area contributed by atoms with E-state index in [4.69, 9.17) is 4.98 Å². The maximum Gasteiger partial charge on any atom is 0.261 e. The number of amides is 1. The van der Waals surface area contributed by atoms with Gasteiger partial charge < -0.3 is 19.7 Å². The fourth-order valence-corrected chi connectivity index (χ4v) is 6.11. The predicted molar refractivity (Wildman–Crippen MR) is 179 cm³/mol. The van der Waals surface area contributed by atoms with E-state index in [2.05, 4.69) is 32.8 Å². The topological polar surface area (TPSA) is 105 Å². The Morgan fingerprint density at radius 3 is 2.50 bits per heavy atom. The number of nitrogens with zero attached hydrogens (tertiary/aromatic N) is 6. The lowest BCUT2D eigenvalue weighted by molar-refractivity contribution is -0.121. The maximum absolute atomic E-state index is 13.6. The average molecular weight is 630 g/mol. The molecule has 0 aliphatic carbocycles. The van der Waals surface area contributed by atoms with Gasteiger partial charge in [0.25, 0.3) is 5.56 Å². The molecule has 1 saturated heterocycles. The van der Waals surface area contributed by atoms with Crippen molar-refractivity contribution in [3.63, 3.8) is 0 Å². The van der Waals surface area contributed by atoms with Crippen LogP contribution in [0, 0.1) is 5.82 Å². The van der Waals surface area contributed by atoms with E-state index >= 15 is 0 Å². The number of hydrogen-bond donors (Lipinski definition) is 1. The Balaban J connectivity index is 1.21. The number of benzene rings is 2. The van der Waals surface area contributed by atoms with Gasteiger partial charge in [-0.1, -0.05) is 50.5 Å². The zero-order valence-electron chi connectivity index (χ0n) is 26.8. The normalized spacial score (nSPS) is 13.7. The van der Waals surface area contributed by atoms with Crippen LogP contribution >= 0.6 is 0 Å². The van der Waals surface area contributed by atoms with E-state index in [1.54, 1.807) is 12.1 Å². The monoisotopic (exact) mass is 629 g/mol. The molecule has 0 bridgehead atoms. The number of piperidine rings is 1. The van der Waals surface area contributed by atoms with E-state index in [1.165, 1.54) is 29.0 Å². The second-order valence-corrected chi connectivity index (χ2v) is 12.0. The van der Waals surface area contributed by atoms with Crippen LogP contribution in [0.15, 0.2) is 65.6 Å². The number of unbranched alkanes of at least 4 members (excludes halogenated alkanes) is 3. The Kier molecular flexibility index (Phi) is 11.2. The average Bonchev–Trinajstić information content (AvgIpc) is 3.43. The van der Waals surface area contributed by atoms with Crippen molar-refractivity contribution >= 4 is 34.7 Å². The smallest absolute Gasteiger partial charge is 0.261 e. The lowest BCUT2D eigenvalue weighted by Crippen LogP contribution is -2.46. The first-order chi connectivity index (χ1) is 22.4. The second kappa shape index (κ2) is 15.6. The molecule has 5 rings (SSSR count). The third-order valence-electron chi connectivity index (χ3n) is 8.72. The molecule has 0 atom stereocenters. The van der Waals surface area contributed by atoms with Gasteiger partial charge in [-0.05, 0) is 55.5 Å². The number of para-hydroxylation sites is 2. The fraction of sp³-hybridized carbons (Fsp3) is 0.457. The second-order valence-electron chi connectivity index (χ2n) is 12.0. The Morgan fingerprint density at radius 2 is 1.74 bits per heavy atom. The summed E-state index contributed by atoms with van der Waals surface area (Å²) in [6.07, 6.45) is 8.23. The molecule has 0 saturated carbocycles. The quantitative estimate of drug-likeness (QED) is 0.187. The number of carbonyl (C=O) groups is 2. The molecule has 3 heterocycles. The highest BCUT2D eigenvalue weighted by molar-refractivity contribution is 5.82. The summed E-state index contributed by atoms with van der Waals surface area (Å²) in [7, 11) is 1.88. The molecule has 1 aliphatic heterocycles. The molecular weight excluding hydrogens is 585 g/mol. The maximum atomic E-state index is 13.6. The Hall–Kier alpha value is -4.54. The van der Waals surface area contributed by atoms with E-state index < -0.39 is 5.56 Å². The molecule has 0 spiro atoms. The van der Waals surface area contributed by atoms with Crippen LogP contribution in [-0.2, 0) is 11.3 Å². The Bertz CT molecular complexity index is 1680. The number of fused-ring (bicyclic) bond motifs is 1. The number of rotatable bonds is 14. The van der Waals surface area contributed by atoms with Crippen LogP contribution in [-0.4, -0.2) is 63.6 Å². The summed E-state index contributed by atoms with van der Waals surface area (Å²) >= 11 is 0. The van der Waals surface area contributed by atoms with Crippen LogP contribution in [0.4, 0.5) is 16.3 Å². The first kappa shape index (κ1) is 32.8.